The molecule has 0 radical (unpaired) electrons. The molecule has 1 aliphatic heterocycles. The molecule has 0 bridgehead atoms. The van der Waals surface area contributed by atoms with Crippen LogP contribution in [-0.2, 0) is 11.3 Å². The first kappa shape index (κ1) is 18.5. The molecule has 3 rings (SSSR count). The maximum atomic E-state index is 11.8. The van der Waals surface area contributed by atoms with Crippen LogP contribution in [0.15, 0.2) is 64.3 Å². The van der Waals surface area contributed by atoms with Crippen molar-refractivity contribution in [2.75, 3.05) is 13.7 Å². The molecule has 0 aliphatic carbocycles. The highest BCUT2D eigenvalue weighted by atomic mass is 79.9. The molecule has 0 saturated carbocycles. The number of rotatable bonds is 6. The van der Waals surface area contributed by atoms with Crippen LogP contribution in [0.5, 0.6) is 5.75 Å². The van der Waals surface area contributed by atoms with Gasteiger partial charge in [0.25, 0.3) is 0 Å². The summed E-state index contributed by atoms with van der Waals surface area (Å²) < 4.78 is 12.2. The summed E-state index contributed by atoms with van der Waals surface area (Å²) in [6.45, 7) is 2.84. The molecule has 6 heteroatoms. The van der Waals surface area contributed by atoms with E-state index in [1.165, 1.54) is 0 Å². The number of ether oxygens (including phenoxy) is 2. The van der Waals surface area contributed by atoms with Crippen LogP contribution in [0.2, 0.25) is 0 Å². The second-order valence-corrected chi connectivity index (χ2v) is 7.01. The monoisotopic (exact) mass is 416 g/mol. The van der Waals surface area contributed by atoms with Crippen molar-refractivity contribution in [2.24, 2.45) is 0 Å². The van der Waals surface area contributed by atoms with Gasteiger partial charge >= 0.3 is 6.03 Å². The molecule has 2 N–H and O–H groups in total. The summed E-state index contributed by atoms with van der Waals surface area (Å²) in [6.07, 6.45) is 0. The van der Waals surface area contributed by atoms with E-state index in [4.69, 9.17) is 9.47 Å². The van der Waals surface area contributed by atoms with E-state index in [1.54, 1.807) is 7.11 Å². The molecule has 26 heavy (non-hydrogen) atoms. The Morgan fingerprint density at radius 3 is 2.38 bits per heavy atom. The number of hydrogen-bond donors (Lipinski definition) is 2. The molecule has 1 aliphatic rings. The van der Waals surface area contributed by atoms with Crippen molar-refractivity contribution < 1.29 is 14.3 Å². The molecule has 0 saturated heterocycles. The number of halogens is 1. The number of nitrogens with one attached hydrogen (secondary N) is 2. The number of urea groups is 1. The first-order chi connectivity index (χ1) is 12.6. The average molecular weight is 417 g/mol. The summed E-state index contributed by atoms with van der Waals surface area (Å²) in [5.74, 6) is 0.783. The number of hydrogen-bond acceptors (Lipinski definition) is 3. The number of carbonyl (C=O) groups excluding carboxylic acids is 1. The van der Waals surface area contributed by atoms with Crippen LogP contribution in [0.4, 0.5) is 4.79 Å². The minimum Gasteiger partial charge on any atom is -0.489 e. The molecule has 1 unspecified atom stereocenters. The topological polar surface area (TPSA) is 59.6 Å². The Morgan fingerprint density at radius 1 is 1.04 bits per heavy atom. The zero-order valence-corrected chi connectivity index (χ0v) is 16.3. The van der Waals surface area contributed by atoms with Gasteiger partial charge in [0, 0.05) is 22.9 Å². The van der Waals surface area contributed by atoms with E-state index in [0.29, 0.717) is 13.2 Å². The lowest BCUT2D eigenvalue weighted by atomic mass is 9.96. The van der Waals surface area contributed by atoms with Gasteiger partial charge < -0.3 is 20.1 Å². The minimum atomic E-state index is -0.206. The van der Waals surface area contributed by atoms with Crippen LogP contribution >= 0.6 is 15.9 Å². The summed E-state index contributed by atoms with van der Waals surface area (Å²) in [7, 11) is 1.65. The predicted molar refractivity (Wildman–Crippen MR) is 104 cm³/mol. The summed E-state index contributed by atoms with van der Waals surface area (Å²) >= 11 is 3.42. The smallest absolute Gasteiger partial charge is 0.319 e. The molecule has 1 atom stereocenters. The first-order valence-electron chi connectivity index (χ1n) is 8.30. The third-order valence-corrected chi connectivity index (χ3v) is 4.77. The molecule has 0 fully saturated rings. The molecule has 0 aromatic heterocycles. The van der Waals surface area contributed by atoms with E-state index in [9.17, 15) is 4.79 Å². The lowest BCUT2D eigenvalue weighted by Gasteiger charge is -2.29. The van der Waals surface area contributed by atoms with Crippen molar-refractivity contribution in [3.63, 3.8) is 0 Å². The van der Waals surface area contributed by atoms with Gasteiger partial charge in [0.2, 0.25) is 0 Å². The Morgan fingerprint density at radius 2 is 1.73 bits per heavy atom. The molecule has 0 spiro atoms. The number of methoxy groups -OCH3 is 1. The largest absolute Gasteiger partial charge is 0.489 e. The van der Waals surface area contributed by atoms with Crippen molar-refractivity contribution in [1.82, 2.24) is 10.6 Å². The third-order valence-electron chi connectivity index (χ3n) is 4.24. The standard InChI is InChI=1S/C20H21BrN2O3/c1-13-18(12-25-2)19(23-20(24)22-13)15-5-9-17(10-6-15)26-11-14-3-7-16(21)8-4-14/h3-10,19H,11-12H2,1-2H3,(H2,22,23,24). The van der Waals surface area contributed by atoms with E-state index < -0.39 is 0 Å². The van der Waals surface area contributed by atoms with E-state index in [0.717, 1.165) is 32.6 Å². The van der Waals surface area contributed by atoms with Gasteiger partial charge in [-0.2, -0.15) is 0 Å². The Kier molecular flexibility index (Phi) is 5.96. The second kappa shape index (κ2) is 8.38. The van der Waals surface area contributed by atoms with Crippen LogP contribution in [0.1, 0.15) is 24.1 Å². The summed E-state index contributed by atoms with van der Waals surface area (Å²) in [5, 5.41) is 5.74. The Bertz CT molecular complexity index is 801. The van der Waals surface area contributed by atoms with E-state index >= 15 is 0 Å². The van der Waals surface area contributed by atoms with Gasteiger partial charge in [0.1, 0.15) is 12.4 Å². The summed E-state index contributed by atoms with van der Waals surface area (Å²) in [4.78, 5) is 11.8. The first-order valence-corrected chi connectivity index (χ1v) is 9.09. The number of amides is 2. The van der Waals surface area contributed by atoms with Gasteiger partial charge in [0.15, 0.2) is 0 Å². The lowest BCUT2D eigenvalue weighted by Crippen LogP contribution is -2.44. The molecular weight excluding hydrogens is 396 g/mol. The number of benzene rings is 2. The highest BCUT2D eigenvalue weighted by Crippen LogP contribution is 2.28. The van der Waals surface area contributed by atoms with Gasteiger partial charge in [0.05, 0.1) is 12.6 Å². The van der Waals surface area contributed by atoms with E-state index in [2.05, 4.69) is 26.6 Å². The highest BCUT2D eigenvalue weighted by molar-refractivity contribution is 9.10. The van der Waals surface area contributed by atoms with Gasteiger partial charge in [-0.05, 0) is 42.3 Å². The molecular formula is C20H21BrN2O3. The fourth-order valence-electron chi connectivity index (χ4n) is 2.86. The van der Waals surface area contributed by atoms with Gasteiger partial charge in [-0.3, -0.25) is 0 Å². The van der Waals surface area contributed by atoms with Gasteiger partial charge in [-0.25, -0.2) is 4.79 Å². The summed E-state index contributed by atoms with van der Waals surface area (Å²) in [5.41, 5.74) is 3.93. The maximum Gasteiger partial charge on any atom is 0.319 e. The molecule has 136 valence electrons. The Labute approximate surface area is 161 Å². The van der Waals surface area contributed by atoms with Crippen LogP contribution in [0.3, 0.4) is 0 Å². The SMILES string of the molecule is COCC1=C(C)NC(=O)NC1c1ccc(OCc2ccc(Br)cc2)cc1. The zero-order valence-electron chi connectivity index (χ0n) is 14.7. The van der Waals surface area contributed by atoms with Crippen LogP contribution in [0.25, 0.3) is 0 Å². The highest BCUT2D eigenvalue weighted by Gasteiger charge is 2.26. The quantitative estimate of drug-likeness (QED) is 0.737. The van der Waals surface area contributed by atoms with Crippen molar-refractivity contribution in [1.29, 1.82) is 0 Å². The second-order valence-electron chi connectivity index (χ2n) is 6.10. The van der Waals surface area contributed by atoms with E-state index in [-0.39, 0.29) is 12.1 Å². The van der Waals surface area contributed by atoms with E-state index in [1.807, 2.05) is 55.5 Å². The lowest BCUT2D eigenvalue weighted by molar-refractivity contribution is 0.209. The molecule has 2 aromatic rings. The minimum absolute atomic E-state index is 0.204. The van der Waals surface area contributed by atoms with Crippen molar-refractivity contribution in [3.05, 3.63) is 75.4 Å². The van der Waals surface area contributed by atoms with Gasteiger partial charge in [-0.15, -0.1) is 0 Å². The zero-order chi connectivity index (χ0) is 18.5. The number of carbonyl (C=O) groups is 1. The average Bonchev–Trinajstić information content (AvgIpc) is 2.64. The molecule has 1 heterocycles. The van der Waals surface area contributed by atoms with Crippen LogP contribution < -0.4 is 15.4 Å². The van der Waals surface area contributed by atoms with Crippen LogP contribution in [0, 0.1) is 0 Å². The molecule has 5 nitrogen and oxygen atoms in total. The predicted octanol–water partition coefficient (Wildman–Crippen LogP) is 4.30. The van der Waals surface area contributed by atoms with Crippen molar-refractivity contribution in [2.45, 2.75) is 19.6 Å². The van der Waals surface area contributed by atoms with Crippen molar-refractivity contribution in [3.8, 4) is 5.75 Å². The fraction of sp³-hybridized carbons (Fsp3) is 0.250. The maximum absolute atomic E-state index is 11.8. The van der Waals surface area contributed by atoms with Gasteiger partial charge in [-0.1, -0.05) is 40.2 Å². The molecule has 2 amide bonds. The van der Waals surface area contributed by atoms with Crippen molar-refractivity contribution >= 4 is 22.0 Å². The fourth-order valence-corrected chi connectivity index (χ4v) is 3.12. The molecule has 2 aromatic carbocycles. The number of allylic oxidation sites excluding steroid dienone is 1. The van der Waals surface area contributed by atoms with Crippen LogP contribution in [-0.4, -0.2) is 19.7 Å². The Hall–Kier alpha value is -2.31. The normalized spacial score (nSPS) is 16.9. The summed E-state index contributed by atoms with van der Waals surface area (Å²) in [6, 6.07) is 15.4. The Balaban J connectivity index is 1.71. The third kappa shape index (κ3) is 4.45.